The number of amides is 1. The van der Waals surface area contributed by atoms with Crippen LogP contribution in [-0.4, -0.2) is 18.5 Å². The largest absolute Gasteiger partial charge is 0.459 e. The van der Waals surface area contributed by atoms with Gasteiger partial charge < -0.3 is 10.1 Å². The average Bonchev–Trinajstić information content (AvgIpc) is 2.54. The van der Waals surface area contributed by atoms with Crippen LogP contribution in [0.1, 0.15) is 24.1 Å². The Kier molecular flexibility index (Phi) is 5.10. The lowest BCUT2D eigenvalue weighted by Gasteiger charge is -2.19. The molecule has 0 aliphatic carbocycles. The number of hydrogen-bond acceptors (Lipinski definition) is 3. The lowest BCUT2D eigenvalue weighted by Crippen LogP contribution is -2.36. The van der Waals surface area contributed by atoms with Gasteiger partial charge in [0.1, 0.15) is 0 Å². The number of ether oxygens (including phenoxy) is 1. The Morgan fingerprint density at radius 1 is 0.952 bits per heavy atom. The Labute approximate surface area is 123 Å². The fraction of sp³-hybridized carbons (Fsp3) is 0.176. The van der Waals surface area contributed by atoms with E-state index in [1.165, 1.54) is 0 Å². The molecule has 0 saturated carbocycles. The second kappa shape index (κ2) is 7.24. The van der Waals surface area contributed by atoms with Crippen molar-refractivity contribution in [2.75, 3.05) is 6.61 Å². The van der Waals surface area contributed by atoms with Crippen LogP contribution in [0.25, 0.3) is 0 Å². The van der Waals surface area contributed by atoms with Gasteiger partial charge >= 0.3 is 11.9 Å². The summed E-state index contributed by atoms with van der Waals surface area (Å²) in [5.41, 5.74) is 1.81. The third kappa shape index (κ3) is 3.92. The Morgan fingerprint density at radius 3 is 1.86 bits per heavy atom. The van der Waals surface area contributed by atoms with Gasteiger partial charge in [0, 0.05) is 0 Å². The zero-order valence-electron chi connectivity index (χ0n) is 11.8. The summed E-state index contributed by atoms with van der Waals surface area (Å²) in [6, 6.07) is 18.6. The normalized spacial score (nSPS) is 10.2. The van der Waals surface area contributed by atoms with Gasteiger partial charge in [-0.25, -0.2) is 4.79 Å². The van der Waals surface area contributed by atoms with Crippen molar-refractivity contribution in [1.82, 2.24) is 5.32 Å². The minimum atomic E-state index is -0.866. The molecular formula is C17H17NO3. The summed E-state index contributed by atoms with van der Waals surface area (Å²) in [5.74, 6) is -1.61. The van der Waals surface area contributed by atoms with E-state index in [1.807, 2.05) is 60.7 Å². The highest BCUT2D eigenvalue weighted by Crippen LogP contribution is 2.21. The topological polar surface area (TPSA) is 55.4 Å². The predicted octanol–water partition coefficient (Wildman–Crippen LogP) is 2.46. The van der Waals surface area contributed by atoms with Crippen LogP contribution in [0.2, 0.25) is 0 Å². The first-order valence-corrected chi connectivity index (χ1v) is 6.80. The second-order valence-electron chi connectivity index (χ2n) is 4.45. The van der Waals surface area contributed by atoms with Crippen molar-refractivity contribution < 1.29 is 14.3 Å². The highest BCUT2D eigenvalue weighted by molar-refractivity contribution is 6.32. The highest BCUT2D eigenvalue weighted by Gasteiger charge is 2.21. The van der Waals surface area contributed by atoms with Gasteiger partial charge in [0.25, 0.3) is 0 Å². The maximum absolute atomic E-state index is 11.9. The van der Waals surface area contributed by atoms with E-state index in [-0.39, 0.29) is 12.6 Å². The standard InChI is InChI=1S/C17H17NO3/c1-2-21-17(20)16(19)18-15(13-9-5-3-6-10-13)14-11-7-4-8-12-14/h3-12,15H,2H2,1H3,(H,18,19). The Morgan fingerprint density at radius 2 is 1.43 bits per heavy atom. The van der Waals surface area contributed by atoms with Gasteiger partial charge in [-0.3, -0.25) is 4.79 Å². The molecule has 0 spiro atoms. The maximum atomic E-state index is 11.9. The summed E-state index contributed by atoms with van der Waals surface area (Å²) < 4.78 is 4.73. The van der Waals surface area contributed by atoms with E-state index in [0.717, 1.165) is 11.1 Å². The second-order valence-corrected chi connectivity index (χ2v) is 4.45. The van der Waals surface area contributed by atoms with Crippen molar-refractivity contribution in [3.05, 3.63) is 71.8 Å². The molecule has 4 heteroatoms. The first-order chi connectivity index (χ1) is 10.2. The van der Waals surface area contributed by atoms with Crippen LogP contribution in [0.3, 0.4) is 0 Å². The molecule has 0 aromatic heterocycles. The van der Waals surface area contributed by atoms with Gasteiger partial charge in [-0.2, -0.15) is 0 Å². The van der Waals surface area contributed by atoms with Crippen LogP contribution in [0.15, 0.2) is 60.7 Å². The first-order valence-electron chi connectivity index (χ1n) is 6.80. The molecule has 2 aromatic rings. The van der Waals surface area contributed by atoms with Gasteiger partial charge in [0.05, 0.1) is 12.6 Å². The van der Waals surface area contributed by atoms with Crippen molar-refractivity contribution >= 4 is 11.9 Å². The molecule has 21 heavy (non-hydrogen) atoms. The summed E-state index contributed by atoms with van der Waals surface area (Å²) in [6.07, 6.45) is 0. The van der Waals surface area contributed by atoms with Gasteiger partial charge in [0.2, 0.25) is 0 Å². The number of nitrogens with one attached hydrogen (secondary N) is 1. The molecule has 0 unspecified atom stereocenters. The lowest BCUT2D eigenvalue weighted by atomic mass is 9.99. The summed E-state index contributed by atoms with van der Waals surface area (Å²) in [5, 5.41) is 2.72. The van der Waals surface area contributed by atoms with Crippen molar-refractivity contribution in [1.29, 1.82) is 0 Å². The summed E-state index contributed by atoms with van der Waals surface area (Å²) in [4.78, 5) is 23.4. The summed E-state index contributed by atoms with van der Waals surface area (Å²) in [6.45, 7) is 1.84. The molecule has 2 aromatic carbocycles. The van der Waals surface area contributed by atoms with E-state index in [9.17, 15) is 9.59 Å². The Bertz CT molecular complexity index is 556. The molecule has 0 atom stereocenters. The number of rotatable bonds is 4. The van der Waals surface area contributed by atoms with Crippen molar-refractivity contribution in [3.63, 3.8) is 0 Å². The van der Waals surface area contributed by atoms with Crippen LogP contribution >= 0.6 is 0 Å². The van der Waals surface area contributed by atoms with Crippen molar-refractivity contribution in [3.8, 4) is 0 Å². The van der Waals surface area contributed by atoms with E-state index in [2.05, 4.69) is 5.32 Å². The molecule has 1 amide bonds. The predicted molar refractivity (Wildman–Crippen MR) is 79.5 cm³/mol. The van der Waals surface area contributed by atoms with E-state index in [4.69, 9.17) is 4.74 Å². The highest BCUT2D eigenvalue weighted by atomic mass is 16.5. The van der Waals surface area contributed by atoms with Crippen LogP contribution in [-0.2, 0) is 14.3 Å². The van der Waals surface area contributed by atoms with Gasteiger partial charge in [-0.1, -0.05) is 60.7 Å². The van der Waals surface area contributed by atoms with Gasteiger partial charge in [-0.05, 0) is 18.1 Å². The minimum Gasteiger partial charge on any atom is -0.459 e. The zero-order chi connectivity index (χ0) is 15.1. The average molecular weight is 283 g/mol. The maximum Gasteiger partial charge on any atom is 0.396 e. The van der Waals surface area contributed by atoms with Gasteiger partial charge in [-0.15, -0.1) is 0 Å². The molecule has 2 rings (SSSR count). The van der Waals surface area contributed by atoms with E-state index in [0.29, 0.717) is 0 Å². The Hall–Kier alpha value is -2.62. The van der Waals surface area contributed by atoms with Crippen LogP contribution < -0.4 is 5.32 Å². The number of carbonyl (C=O) groups excluding carboxylic acids is 2. The smallest absolute Gasteiger partial charge is 0.396 e. The fourth-order valence-electron chi connectivity index (χ4n) is 2.04. The number of hydrogen-bond donors (Lipinski definition) is 1. The van der Waals surface area contributed by atoms with Crippen LogP contribution in [0.5, 0.6) is 0 Å². The van der Waals surface area contributed by atoms with Crippen molar-refractivity contribution in [2.45, 2.75) is 13.0 Å². The molecular weight excluding hydrogens is 266 g/mol. The number of carbonyl (C=O) groups is 2. The van der Waals surface area contributed by atoms with Crippen molar-refractivity contribution in [2.24, 2.45) is 0 Å². The lowest BCUT2D eigenvalue weighted by molar-refractivity contribution is -0.154. The monoisotopic (exact) mass is 283 g/mol. The number of esters is 1. The van der Waals surface area contributed by atoms with E-state index in [1.54, 1.807) is 6.92 Å². The third-order valence-electron chi connectivity index (χ3n) is 3.00. The minimum absolute atomic E-state index is 0.174. The molecule has 108 valence electrons. The quantitative estimate of drug-likeness (QED) is 0.692. The van der Waals surface area contributed by atoms with E-state index >= 15 is 0 Å². The SMILES string of the molecule is CCOC(=O)C(=O)NC(c1ccccc1)c1ccccc1. The molecule has 0 aliphatic heterocycles. The molecule has 0 radical (unpaired) electrons. The third-order valence-corrected chi connectivity index (χ3v) is 3.00. The molecule has 1 N–H and O–H groups in total. The van der Waals surface area contributed by atoms with E-state index < -0.39 is 11.9 Å². The molecule has 0 heterocycles. The fourth-order valence-corrected chi connectivity index (χ4v) is 2.04. The van der Waals surface area contributed by atoms with Crippen LogP contribution in [0, 0.1) is 0 Å². The molecule has 0 bridgehead atoms. The molecule has 0 fully saturated rings. The zero-order valence-corrected chi connectivity index (χ0v) is 11.8. The summed E-state index contributed by atoms with van der Waals surface area (Å²) in [7, 11) is 0. The Balaban J connectivity index is 2.25. The molecule has 4 nitrogen and oxygen atoms in total. The summed E-state index contributed by atoms with van der Waals surface area (Å²) >= 11 is 0. The first kappa shape index (κ1) is 14.8. The van der Waals surface area contributed by atoms with Gasteiger partial charge in [0.15, 0.2) is 0 Å². The van der Waals surface area contributed by atoms with Crippen LogP contribution in [0.4, 0.5) is 0 Å². The molecule has 0 aliphatic rings. The number of benzene rings is 2. The molecule has 0 saturated heterocycles.